The highest BCUT2D eigenvalue weighted by atomic mass is 16.5. The lowest BCUT2D eigenvalue weighted by Gasteiger charge is -1.95. The second kappa shape index (κ2) is 3.96. The Morgan fingerprint density at radius 1 is 1.56 bits per heavy atom. The van der Waals surface area contributed by atoms with Gasteiger partial charge in [0.15, 0.2) is 5.69 Å². The molecule has 0 atom stereocenters. The number of H-pyrrole nitrogens is 1. The summed E-state index contributed by atoms with van der Waals surface area (Å²) in [6.45, 7) is 0. The van der Waals surface area contributed by atoms with Gasteiger partial charge in [-0.15, -0.1) is 0 Å². The fourth-order valence-corrected chi connectivity index (χ4v) is 1.38. The van der Waals surface area contributed by atoms with Crippen molar-refractivity contribution in [1.29, 1.82) is 0 Å². The van der Waals surface area contributed by atoms with Crippen LogP contribution in [-0.2, 0) is 9.53 Å². The summed E-state index contributed by atoms with van der Waals surface area (Å²) in [5.41, 5.74) is 1.25. The van der Waals surface area contributed by atoms with Crippen molar-refractivity contribution < 1.29 is 14.3 Å². The van der Waals surface area contributed by atoms with Crippen LogP contribution in [0.25, 0.3) is 10.9 Å². The maximum atomic E-state index is 11.3. The Hall–Kier alpha value is -2.46. The number of aromatic nitrogens is 2. The molecule has 0 fully saturated rings. The van der Waals surface area contributed by atoms with Gasteiger partial charge in [-0.05, 0) is 18.2 Å². The minimum absolute atomic E-state index is 0.167. The van der Waals surface area contributed by atoms with Crippen molar-refractivity contribution in [2.45, 2.75) is 0 Å². The standard InChI is InChI=1S/C10H7N3O3/c1-16-10(15)9-7-4-6(11-5-14)2-3-8(7)12-13-9/h2-4H,1H3,(H,12,13). The Morgan fingerprint density at radius 3 is 3.06 bits per heavy atom. The number of isocyanates is 1. The van der Waals surface area contributed by atoms with E-state index in [4.69, 9.17) is 0 Å². The normalized spacial score (nSPS) is 9.81. The Balaban J connectivity index is 2.64. The third kappa shape index (κ3) is 1.57. The molecule has 0 aliphatic carbocycles. The van der Waals surface area contributed by atoms with Crippen LogP contribution >= 0.6 is 0 Å². The number of aliphatic imine (C=N–C) groups is 1. The summed E-state index contributed by atoms with van der Waals surface area (Å²) in [6.07, 6.45) is 1.43. The first kappa shape index (κ1) is 10.1. The first-order chi connectivity index (χ1) is 7.76. The number of methoxy groups -OCH3 is 1. The average molecular weight is 217 g/mol. The van der Waals surface area contributed by atoms with Gasteiger partial charge in [-0.2, -0.15) is 10.1 Å². The summed E-state index contributed by atoms with van der Waals surface area (Å²) >= 11 is 0. The topological polar surface area (TPSA) is 84.4 Å². The molecule has 0 saturated heterocycles. The summed E-state index contributed by atoms with van der Waals surface area (Å²) in [7, 11) is 1.27. The molecule has 0 amide bonds. The van der Waals surface area contributed by atoms with Crippen molar-refractivity contribution in [2.75, 3.05) is 7.11 Å². The van der Waals surface area contributed by atoms with E-state index < -0.39 is 5.97 Å². The first-order valence-electron chi connectivity index (χ1n) is 4.40. The number of benzene rings is 1. The fraction of sp³-hybridized carbons (Fsp3) is 0.100. The van der Waals surface area contributed by atoms with Crippen molar-refractivity contribution in [1.82, 2.24) is 10.2 Å². The van der Waals surface area contributed by atoms with Crippen molar-refractivity contribution in [3.8, 4) is 0 Å². The number of aromatic amines is 1. The van der Waals surface area contributed by atoms with Crippen LogP contribution in [0.4, 0.5) is 5.69 Å². The van der Waals surface area contributed by atoms with E-state index >= 15 is 0 Å². The van der Waals surface area contributed by atoms with Crippen molar-refractivity contribution in [2.24, 2.45) is 4.99 Å². The van der Waals surface area contributed by atoms with Crippen LogP contribution in [0.5, 0.6) is 0 Å². The highest BCUT2D eigenvalue weighted by Crippen LogP contribution is 2.22. The molecule has 0 bridgehead atoms. The predicted octanol–water partition coefficient (Wildman–Crippen LogP) is 1.32. The van der Waals surface area contributed by atoms with Gasteiger partial charge in [-0.3, -0.25) is 5.10 Å². The molecule has 6 nitrogen and oxygen atoms in total. The third-order valence-corrected chi connectivity index (χ3v) is 2.10. The molecular weight excluding hydrogens is 210 g/mol. The molecule has 16 heavy (non-hydrogen) atoms. The van der Waals surface area contributed by atoms with E-state index in [2.05, 4.69) is 19.9 Å². The molecule has 80 valence electrons. The van der Waals surface area contributed by atoms with Gasteiger partial charge < -0.3 is 4.74 Å². The van der Waals surface area contributed by atoms with Crippen LogP contribution in [0.15, 0.2) is 23.2 Å². The molecule has 0 aliphatic heterocycles. The van der Waals surface area contributed by atoms with Gasteiger partial charge in [0.25, 0.3) is 0 Å². The molecule has 1 aromatic carbocycles. The molecule has 6 heteroatoms. The lowest BCUT2D eigenvalue weighted by molar-refractivity contribution is 0.0596. The van der Waals surface area contributed by atoms with E-state index in [1.165, 1.54) is 13.2 Å². The average Bonchev–Trinajstić information content (AvgIpc) is 2.71. The van der Waals surface area contributed by atoms with Gasteiger partial charge in [0, 0.05) is 5.39 Å². The maximum Gasteiger partial charge on any atom is 0.359 e. The molecule has 1 heterocycles. The van der Waals surface area contributed by atoms with Gasteiger partial charge in [0.05, 0.1) is 18.3 Å². The van der Waals surface area contributed by atoms with Crippen molar-refractivity contribution in [3.05, 3.63) is 23.9 Å². The molecular formula is C10H7N3O3. The van der Waals surface area contributed by atoms with Gasteiger partial charge >= 0.3 is 5.97 Å². The zero-order chi connectivity index (χ0) is 11.5. The zero-order valence-electron chi connectivity index (χ0n) is 8.35. The molecule has 0 spiro atoms. The van der Waals surface area contributed by atoms with Gasteiger partial charge in [-0.1, -0.05) is 0 Å². The number of hydrogen-bond donors (Lipinski definition) is 1. The predicted molar refractivity (Wildman–Crippen MR) is 55.2 cm³/mol. The van der Waals surface area contributed by atoms with Gasteiger partial charge in [0.1, 0.15) is 0 Å². The van der Waals surface area contributed by atoms with E-state index in [0.717, 1.165) is 0 Å². The lowest BCUT2D eigenvalue weighted by Crippen LogP contribution is -2.01. The smallest absolute Gasteiger partial charge is 0.359 e. The van der Waals surface area contributed by atoms with E-state index in [1.807, 2.05) is 0 Å². The number of carbonyl (C=O) groups excluding carboxylic acids is 2. The van der Waals surface area contributed by atoms with Gasteiger partial charge in [-0.25, -0.2) is 9.59 Å². The van der Waals surface area contributed by atoms with E-state index in [0.29, 0.717) is 16.6 Å². The quantitative estimate of drug-likeness (QED) is 0.467. The summed E-state index contributed by atoms with van der Waals surface area (Å²) in [4.78, 5) is 24.9. The molecule has 2 aromatic rings. The van der Waals surface area contributed by atoms with E-state index in [1.54, 1.807) is 18.2 Å². The highest BCUT2D eigenvalue weighted by Gasteiger charge is 2.14. The van der Waals surface area contributed by atoms with Gasteiger partial charge in [0.2, 0.25) is 6.08 Å². The number of nitrogens with one attached hydrogen (secondary N) is 1. The Morgan fingerprint density at radius 2 is 2.38 bits per heavy atom. The molecule has 0 radical (unpaired) electrons. The number of carbonyl (C=O) groups is 1. The largest absolute Gasteiger partial charge is 0.464 e. The zero-order valence-corrected chi connectivity index (χ0v) is 8.35. The maximum absolute atomic E-state index is 11.3. The van der Waals surface area contributed by atoms with Crippen LogP contribution in [0, 0.1) is 0 Å². The van der Waals surface area contributed by atoms with Crippen LogP contribution in [0.1, 0.15) is 10.5 Å². The number of ether oxygens (including phenoxy) is 1. The number of hydrogen-bond acceptors (Lipinski definition) is 5. The molecule has 0 unspecified atom stereocenters. The van der Waals surface area contributed by atoms with Crippen LogP contribution in [0.3, 0.4) is 0 Å². The number of esters is 1. The highest BCUT2D eigenvalue weighted by molar-refractivity contribution is 6.02. The van der Waals surface area contributed by atoms with Crippen LogP contribution in [-0.4, -0.2) is 29.4 Å². The Kier molecular flexibility index (Phi) is 2.49. The Labute approximate surface area is 89.9 Å². The molecule has 0 aliphatic rings. The third-order valence-electron chi connectivity index (χ3n) is 2.10. The van der Waals surface area contributed by atoms with Crippen LogP contribution in [0.2, 0.25) is 0 Å². The number of rotatable bonds is 2. The second-order valence-electron chi connectivity index (χ2n) is 3.00. The van der Waals surface area contributed by atoms with Crippen molar-refractivity contribution >= 4 is 28.6 Å². The molecule has 0 saturated carbocycles. The number of fused-ring (bicyclic) bond motifs is 1. The van der Waals surface area contributed by atoms with Crippen LogP contribution < -0.4 is 0 Å². The second-order valence-corrected chi connectivity index (χ2v) is 3.00. The molecule has 1 aromatic heterocycles. The lowest BCUT2D eigenvalue weighted by atomic mass is 10.2. The summed E-state index contributed by atoms with van der Waals surface area (Å²) in [5.74, 6) is -0.543. The van der Waals surface area contributed by atoms with Crippen molar-refractivity contribution in [3.63, 3.8) is 0 Å². The summed E-state index contributed by atoms with van der Waals surface area (Å²) in [5, 5.41) is 7.07. The minimum atomic E-state index is -0.543. The fourth-order valence-electron chi connectivity index (χ4n) is 1.38. The van der Waals surface area contributed by atoms with E-state index in [-0.39, 0.29) is 5.69 Å². The summed E-state index contributed by atoms with van der Waals surface area (Å²) < 4.78 is 4.57. The Bertz CT molecular complexity index is 596. The monoisotopic (exact) mass is 217 g/mol. The first-order valence-corrected chi connectivity index (χ1v) is 4.40. The van der Waals surface area contributed by atoms with E-state index in [9.17, 15) is 9.59 Å². The molecule has 1 N–H and O–H groups in total. The number of nitrogens with zero attached hydrogens (tertiary/aromatic N) is 2. The minimum Gasteiger partial charge on any atom is -0.464 e. The molecule has 2 rings (SSSR count). The summed E-state index contributed by atoms with van der Waals surface area (Å²) in [6, 6.07) is 4.85. The SMILES string of the molecule is COC(=O)c1n[nH]c2ccc(N=C=O)cc12.